The van der Waals surface area contributed by atoms with Crippen molar-refractivity contribution in [3.63, 3.8) is 0 Å². The van der Waals surface area contributed by atoms with Crippen LogP contribution in [-0.4, -0.2) is 24.0 Å². The normalized spacial score (nSPS) is 12.2. The second-order valence-corrected chi connectivity index (χ2v) is 5.05. The number of hydrogen-bond acceptors (Lipinski definition) is 1. The van der Waals surface area contributed by atoms with Crippen molar-refractivity contribution in [2.24, 2.45) is 0 Å². The van der Waals surface area contributed by atoms with Crippen LogP contribution < -0.4 is 0 Å². The summed E-state index contributed by atoms with van der Waals surface area (Å²) in [6.45, 7) is 23.9. The molecule has 0 aliphatic rings. The number of hydrogen-bond donors (Lipinski definition) is 0. The summed E-state index contributed by atoms with van der Waals surface area (Å²) in [5.74, 6) is 0. The highest BCUT2D eigenvalue weighted by Crippen LogP contribution is 2.17. The first-order chi connectivity index (χ1) is 7.88. The van der Waals surface area contributed by atoms with Gasteiger partial charge in [-0.15, -0.1) is 6.58 Å². The van der Waals surface area contributed by atoms with Gasteiger partial charge in [-0.25, -0.2) is 0 Å². The van der Waals surface area contributed by atoms with Crippen LogP contribution in [0.2, 0.25) is 0 Å². The molecule has 0 aliphatic carbocycles. The zero-order valence-corrected chi connectivity index (χ0v) is 11.8. The van der Waals surface area contributed by atoms with E-state index in [-0.39, 0.29) is 0 Å². The molecular formula is C16H27N. The fraction of sp³-hybridized carbons (Fsp3) is 0.500. The van der Waals surface area contributed by atoms with Crippen LogP contribution in [0.1, 0.15) is 33.6 Å². The minimum Gasteiger partial charge on any atom is -0.289 e. The summed E-state index contributed by atoms with van der Waals surface area (Å²) in [5, 5.41) is 0. The Morgan fingerprint density at radius 2 is 1.53 bits per heavy atom. The lowest BCUT2D eigenvalue weighted by Gasteiger charge is -2.32. The van der Waals surface area contributed by atoms with E-state index in [0.717, 1.165) is 25.9 Å². The Hall–Kier alpha value is -1.08. The first kappa shape index (κ1) is 15.9. The van der Waals surface area contributed by atoms with Gasteiger partial charge in [-0.2, -0.15) is 0 Å². The summed E-state index contributed by atoms with van der Waals surface area (Å²) in [4.78, 5) is 2.40. The van der Waals surface area contributed by atoms with E-state index in [2.05, 4.69) is 52.0 Å². The van der Waals surface area contributed by atoms with Gasteiger partial charge in [0, 0.05) is 19.1 Å². The van der Waals surface area contributed by atoms with Crippen molar-refractivity contribution in [2.45, 2.75) is 39.7 Å². The van der Waals surface area contributed by atoms with Crippen molar-refractivity contribution in [1.82, 2.24) is 4.90 Å². The maximum absolute atomic E-state index is 4.11. The molecule has 1 nitrogen and oxygen atoms in total. The van der Waals surface area contributed by atoms with E-state index >= 15 is 0 Å². The molecule has 1 atom stereocenters. The average Bonchev–Trinajstić information content (AvgIpc) is 2.15. The molecule has 0 bridgehead atoms. The van der Waals surface area contributed by atoms with Gasteiger partial charge < -0.3 is 0 Å². The van der Waals surface area contributed by atoms with Crippen LogP contribution in [0.25, 0.3) is 0 Å². The first-order valence-corrected chi connectivity index (χ1v) is 6.17. The van der Waals surface area contributed by atoms with Crippen LogP contribution in [-0.2, 0) is 0 Å². The van der Waals surface area contributed by atoms with Crippen LogP contribution in [0.4, 0.5) is 0 Å². The Morgan fingerprint density at radius 3 is 1.82 bits per heavy atom. The van der Waals surface area contributed by atoms with Crippen molar-refractivity contribution < 1.29 is 0 Å². The van der Waals surface area contributed by atoms with E-state index in [9.17, 15) is 0 Å². The molecule has 0 amide bonds. The van der Waals surface area contributed by atoms with Crippen LogP contribution in [0.15, 0.2) is 49.1 Å². The molecule has 0 heterocycles. The highest BCUT2D eigenvalue weighted by molar-refractivity contribution is 5.08. The molecule has 1 heteroatoms. The fourth-order valence-electron chi connectivity index (χ4n) is 1.99. The van der Waals surface area contributed by atoms with E-state index < -0.39 is 0 Å². The van der Waals surface area contributed by atoms with Gasteiger partial charge in [0.15, 0.2) is 0 Å². The van der Waals surface area contributed by atoms with Crippen LogP contribution in [0.3, 0.4) is 0 Å². The van der Waals surface area contributed by atoms with E-state index in [4.69, 9.17) is 0 Å². The summed E-state index contributed by atoms with van der Waals surface area (Å²) in [6, 6.07) is 0.390. The summed E-state index contributed by atoms with van der Waals surface area (Å²) < 4.78 is 0. The summed E-state index contributed by atoms with van der Waals surface area (Å²) >= 11 is 0. The Bertz CT molecular complexity index is 283. The molecule has 0 aromatic carbocycles. The standard InChI is InChI=1S/C16H27N/c1-8-9-10-16(15(6)7)17(11-13(2)3)12-14(4)5/h8,16H,1-2,4,6,9-12H2,3,5,7H3. The Labute approximate surface area is 107 Å². The third-order valence-corrected chi connectivity index (χ3v) is 2.60. The van der Waals surface area contributed by atoms with Crippen molar-refractivity contribution in [3.8, 4) is 0 Å². The second-order valence-electron chi connectivity index (χ2n) is 5.05. The molecule has 0 N–H and O–H groups in total. The minimum atomic E-state index is 0.390. The topological polar surface area (TPSA) is 3.24 Å². The monoisotopic (exact) mass is 233 g/mol. The van der Waals surface area contributed by atoms with Gasteiger partial charge in [0.2, 0.25) is 0 Å². The van der Waals surface area contributed by atoms with Gasteiger partial charge in [0.05, 0.1) is 0 Å². The fourth-order valence-corrected chi connectivity index (χ4v) is 1.99. The Morgan fingerprint density at radius 1 is 1.06 bits per heavy atom. The number of rotatable bonds is 9. The highest BCUT2D eigenvalue weighted by Gasteiger charge is 2.18. The minimum absolute atomic E-state index is 0.390. The van der Waals surface area contributed by atoms with Gasteiger partial charge in [0.1, 0.15) is 0 Å². The first-order valence-electron chi connectivity index (χ1n) is 6.17. The largest absolute Gasteiger partial charge is 0.289 e. The lowest BCUT2D eigenvalue weighted by molar-refractivity contribution is 0.249. The maximum atomic E-state index is 4.11. The molecule has 0 saturated carbocycles. The molecular weight excluding hydrogens is 206 g/mol. The van der Waals surface area contributed by atoms with E-state index in [0.29, 0.717) is 6.04 Å². The molecule has 0 saturated heterocycles. The van der Waals surface area contributed by atoms with Crippen LogP contribution >= 0.6 is 0 Å². The van der Waals surface area contributed by atoms with Gasteiger partial charge in [-0.05, 0) is 33.6 Å². The van der Waals surface area contributed by atoms with Crippen molar-refractivity contribution >= 4 is 0 Å². The maximum Gasteiger partial charge on any atom is 0.0312 e. The quantitative estimate of drug-likeness (QED) is 0.535. The zero-order valence-electron chi connectivity index (χ0n) is 11.8. The lowest BCUT2D eigenvalue weighted by Crippen LogP contribution is -2.38. The molecule has 96 valence electrons. The SMILES string of the molecule is C=CCCC(C(=C)C)N(CC(=C)C)CC(=C)C. The summed E-state index contributed by atoms with van der Waals surface area (Å²) in [5.41, 5.74) is 3.56. The molecule has 0 spiro atoms. The van der Waals surface area contributed by atoms with Crippen molar-refractivity contribution in [3.05, 3.63) is 49.1 Å². The lowest BCUT2D eigenvalue weighted by atomic mass is 10.0. The smallest absolute Gasteiger partial charge is 0.0312 e. The van der Waals surface area contributed by atoms with Gasteiger partial charge in [-0.1, -0.05) is 42.5 Å². The van der Waals surface area contributed by atoms with Gasteiger partial charge in [-0.3, -0.25) is 4.90 Å². The Kier molecular flexibility index (Phi) is 7.56. The molecule has 0 aliphatic heterocycles. The van der Waals surface area contributed by atoms with E-state index in [1.807, 2.05) is 6.08 Å². The summed E-state index contributed by atoms with van der Waals surface area (Å²) in [7, 11) is 0. The van der Waals surface area contributed by atoms with Crippen molar-refractivity contribution in [2.75, 3.05) is 13.1 Å². The van der Waals surface area contributed by atoms with Gasteiger partial charge >= 0.3 is 0 Å². The molecule has 0 aromatic rings. The third kappa shape index (κ3) is 6.96. The molecule has 0 fully saturated rings. The molecule has 0 rings (SSSR count). The third-order valence-electron chi connectivity index (χ3n) is 2.60. The average molecular weight is 233 g/mol. The van der Waals surface area contributed by atoms with E-state index in [1.54, 1.807) is 0 Å². The number of nitrogens with zero attached hydrogens (tertiary/aromatic N) is 1. The van der Waals surface area contributed by atoms with Gasteiger partial charge in [0.25, 0.3) is 0 Å². The number of allylic oxidation sites excluding steroid dienone is 1. The van der Waals surface area contributed by atoms with Crippen LogP contribution in [0, 0.1) is 0 Å². The van der Waals surface area contributed by atoms with E-state index in [1.165, 1.54) is 16.7 Å². The molecule has 1 unspecified atom stereocenters. The predicted octanol–water partition coefficient (Wildman–Crippen LogP) is 4.35. The predicted molar refractivity (Wildman–Crippen MR) is 79.2 cm³/mol. The summed E-state index contributed by atoms with van der Waals surface area (Å²) in [6.07, 6.45) is 4.05. The molecule has 0 radical (unpaired) electrons. The van der Waals surface area contributed by atoms with Crippen LogP contribution in [0.5, 0.6) is 0 Å². The van der Waals surface area contributed by atoms with Crippen molar-refractivity contribution in [1.29, 1.82) is 0 Å². The molecule has 0 aromatic heterocycles. The highest BCUT2D eigenvalue weighted by atomic mass is 15.2. The zero-order chi connectivity index (χ0) is 13.4. The Balaban J connectivity index is 4.77. The molecule has 17 heavy (non-hydrogen) atoms. The second kappa shape index (κ2) is 8.08.